The van der Waals surface area contributed by atoms with E-state index in [0.717, 1.165) is 15.4 Å². The Morgan fingerprint density at radius 3 is 2.60 bits per heavy atom. The summed E-state index contributed by atoms with van der Waals surface area (Å²) in [6.45, 7) is 1.98. The number of benzene rings is 2. The second kappa shape index (κ2) is 9.58. The van der Waals surface area contributed by atoms with Gasteiger partial charge >= 0.3 is 0 Å². The van der Waals surface area contributed by atoms with E-state index in [-0.39, 0.29) is 11.7 Å². The maximum atomic E-state index is 12.3. The van der Waals surface area contributed by atoms with Crippen molar-refractivity contribution in [3.63, 3.8) is 0 Å². The van der Waals surface area contributed by atoms with Gasteiger partial charge in [0.25, 0.3) is 5.91 Å². The van der Waals surface area contributed by atoms with E-state index in [9.17, 15) is 9.90 Å². The standard InChI is InChI=1S/C18H18Br2N2O3/c1-2-3-17(25-15-7-4-13(19)5-8-15)18(24)22-21-11-12-10-14(20)6-9-16(12)23/h4-11,17,23H,2-3H2,1H3,(H,22,24)/b21-11+. The molecule has 2 rings (SSSR count). The lowest BCUT2D eigenvalue weighted by molar-refractivity contribution is -0.128. The number of carbonyl (C=O) groups is 1. The number of nitrogens with zero attached hydrogens (tertiary/aromatic N) is 1. The van der Waals surface area contributed by atoms with Gasteiger partial charge in [0, 0.05) is 14.5 Å². The summed E-state index contributed by atoms with van der Waals surface area (Å²) in [5.74, 6) is 0.360. The van der Waals surface area contributed by atoms with Crippen molar-refractivity contribution in [2.75, 3.05) is 0 Å². The Balaban J connectivity index is 2.00. The molecule has 0 heterocycles. The molecule has 0 radical (unpaired) electrons. The molecule has 0 aliphatic rings. The number of phenolic OH excluding ortho intramolecular Hbond substituents is 1. The molecule has 132 valence electrons. The number of aromatic hydroxyl groups is 1. The van der Waals surface area contributed by atoms with Crippen LogP contribution in [0, 0.1) is 0 Å². The van der Waals surface area contributed by atoms with Crippen LogP contribution < -0.4 is 10.2 Å². The number of hydrogen-bond donors (Lipinski definition) is 2. The number of nitrogens with one attached hydrogen (secondary N) is 1. The van der Waals surface area contributed by atoms with Crippen molar-refractivity contribution in [1.82, 2.24) is 5.43 Å². The van der Waals surface area contributed by atoms with Crippen LogP contribution in [0.2, 0.25) is 0 Å². The molecule has 0 bridgehead atoms. The molecule has 2 aromatic rings. The van der Waals surface area contributed by atoms with Gasteiger partial charge in [0.1, 0.15) is 11.5 Å². The summed E-state index contributed by atoms with van der Waals surface area (Å²) in [5.41, 5.74) is 2.96. The van der Waals surface area contributed by atoms with Crippen molar-refractivity contribution in [2.45, 2.75) is 25.9 Å². The van der Waals surface area contributed by atoms with Gasteiger partial charge in [-0.15, -0.1) is 0 Å². The highest BCUT2D eigenvalue weighted by Crippen LogP contribution is 2.20. The van der Waals surface area contributed by atoms with Gasteiger partial charge < -0.3 is 9.84 Å². The van der Waals surface area contributed by atoms with Gasteiger partial charge in [0.15, 0.2) is 6.10 Å². The lowest BCUT2D eigenvalue weighted by atomic mass is 10.2. The number of halogens is 2. The van der Waals surface area contributed by atoms with Crippen LogP contribution in [0.3, 0.4) is 0 Å². The van der Waals surface area contributed by atoms with Gasteiger partial charge in [-0.3, -0.25) is 4.79 Å². The third-order valence-electron chi connectivity index (χ3n) is 3.30. The lowest BCUT2D eigenvalue weighted by Gasteiger charge is -2.16. The van der Waals surface area contributed by atoms with Crippen molar-refractivity contribution in [3.8, 4) is 11.5 Å². The maximum Gasteiger partial charge on any atom is 0.281 e. The third kappa shape index (κ3) is 6.17. The van der Waals surface area contributed by atoms with E-state index in [4.69, 9.17) is 4.74 Å². The first kappa shape index (κ1) is 19.5. The summed E-state index contributed by atoms with van der Waals surface area (Å²) in [7, 11) is 0. The molecule has 1 unspecified atom stereocenters. The van der Waals surface area contributed by atoms with Crippen molar-refractivity contribution in [2.24, 2.45) is 5.10 Å². The van der Waals surface area contributed by atoms with Crippen LogP contribution >= 0.6 is 31.9 Å². The minimum absolute atomic E-state index is 0.0809. The zero-order chi connectivity index (χ0) is 18.2. The maximum absolute atomic E-state index is 12.3. The third-order valence-corrected chi connectivity index (χ3v) is 4.33. The number of hydrogen-bond acceptors (Lipinski definition) is 4. The average Bonchev–Trinajstić information content (AvgIpc) is 2.59. The van der Waals surface area contributed by atoms with Gasteiger partial charge in [0.2, 0.25) is 0 Å². The Bertz CT molecular complexity index is 748. The first-order valence-corrected chi connectivity index (χ1v) is 9.32. The topological polar surface area (TPSA) is 70.9 Å². The monoisotopic (exact) mass is 468 g/mol. The fourth-order valence-corrected chi connectivity index (χ4v) is 2.69. The zero-order valence-electron chi connectivity index (χ0n) is 13.6. The highest BCUT2D eigenvalue weighted by Gasteiger charge is 2.19. The summed E-state index contributed by atoms with van der Waals surface area (Å²) in [6, 6.07) is 12.3. The van der Waals surface area contributed by atoms with Crippen LogP contribution in [-0.2, 0) is 4.79 Å². The Kier molecular flexibility index (Phi) is 7.46. The summed E-state index contributed by atoms with van der Waals surface area (Å²) in [6.07, 6.45) is 2.12. The van der Waals surface area contributed by atoms with Gasteiger partial charge in [-0.2, -0.15) is 5.10 Å². The number of rotatable bonds is 7. The first-order valence-electron chi connectivity index (χ1n) is 7.73. The number of hydrazone groups is 1. The van der Waals surface area contributed by atoms with Crippen molar-refractivity contribution in [3.05, 3.63) is 57.0 Å². The van der Waals surface area contributed by atoms with E-state index < -0.39 is 6.10 Å². The van der Waals surface area contributed by atoms with E-state index in [1.54, 1.807) is 30.3 Å². The van der Waals surface area contributed by atoms with Crippen LogP contribution in [0.15, 0.2) is 56.5 Å². The molecule has 0 aliphatic heterocycles. The van der Waals surface area contributed by atoms with Gasteiger partial charge in [-0.25, -0.2) is 5.43 Å². The summed E-state index contributed by atoms with van der Waals surface area (Å²) < 4.78 is 7.50. The molecular weight excluding hydrogens is 452 g/mol. The molecule has 0 spiro atoms. The fourth-order valence-electron chi connectivity index (χ4n) is 2.05. The van der Waals surface area contributed by atoms with Crippen molar-refractivity contribution >= 4 is 44.0 Å². The quantitative estimate of drug-likeness (QED) is 0.459. The predicted molar refractivity (Wildman–Crippen MR) is 105 cm³/mol. The van der Waals surface area contributed by atoms with Crippen LogP contribution in [0.1, 0.15) is 25.3 Å². The normalized spacial score (nSPS) is 12.1. The van der Waals surface area contributed by atoms with E-state index in [0.29, 0.717) is 17.7 Å². The molecule has 0 fully saturated rings. The minimum Gasteiger partial charge on any atom is -0.507 e. The van der Waals surface area contributed by atoms with Crippen LogP contribution in [0.25, 0.3) is 0 Å². The number of amides is 1. The second-order valence-corrected chi connectivity index (χ2v) is 7.12. The lowest BCUT2D eigenvalue weighted by Crippen LogP contribution is -2.35. The first-order chi connectivity index (χ1) is 12.0. The Morgan fingerprint density at radius 2 is 1.92 bits per heavy atom. The smallest absolute Gasteiger partial charge is 0.281 e. The highest BCUT2D eigenvalue weighted by molar-refractivity contribution is 9.10. The average molecular weight is 470 g/mol. The highest BCUT2D eigenvalue weighted by atomic mass is 79.9. The summed E-state index contributed by atoms with van der Waals surface area (Å²) in [5, 5.41) is 13.7. The summed E-state index contributed by atoms with van der Waals surface area (Å²) in [4.78, 5) is 12.3. The molecule has 2 aromatic carbocycles. The van der Waals surface area contributed by atoms with E-state index in [2.05, 4.69) is 42.4 Å². The molecule has 0 saturated heterocycles. The molecule has 1 atom stereocenters. The van der Waals surface area contributed by atoms with Crippen LogP contribution in [-0.4, -0.2) is 23.3 Å². The number of phenols is 1. The largest absolute Gasteiger partial charge is 0.507 e. The molecular formula is C18H18Br2N2O3. The van der Waals surface area contributed by atoms with E-state index >= 15 is 0 Å². The SMILES string of the molecule is CCCC(Oc1ccc(Br)cc1)C(=O)N/N=C/c1cc(Br)ccc1O. The fraction of sp³-hybridized carbons (Fsp3) is 0.222. The predicted octanol–water partition coefficient (Wildman–Crippen LogP) is 4.62. The van der Waals surface area contributed by atoms with Crippen molar-refractivity contribution in [1.29, 1.82) is 0 Å². The molecule has 0 aromatic heterocycles. The molecule has 25 heavy (non-hydrogen) atoms. The van der Waals surface area contributed by atoms with E-state index in [1.807, 2.05) is 19.1 Å². The summed E-state index contributed by atoms with van der Waals surface area (Å²) >= 11 is 6.68. The van der Waals surface area contributed by atoms with Gasteiger partial charge in [0.05, 0.1) is 6.21 Å². The van der Waals surface area contributed by atoms with Gasteiger partial charge in [-0.05, 0) is 48.9 Å². The molecule has 7 heteroatoms. The number of ether oxygens (including phenoxy) is 1. The molecule has 1 amide bonds. The zero-order valence-corrected chi connectivity index (χ0v) is 16.7. The molecule has 2 N–H and O–H groups in total. The Labute approximate surface area is 163 Å². The molecule has 0 aliphatic carbocycles. The Hall–Kier alpha value is -1.86. The van der Waals surface area contributed by atoms with Crippen LogP contribution in [0.5, 0.6) is 11.5 Å². The number of carbonyl (C=O) groups excluding carboxylic acids is 1. The molecule has 5 nitrogen and oxygen atoms in total. The Morgan fingerprint density at radius 1 is 1.24 bits per heavy atom. The molecule has 0 saturated carbocycles. The van der Waals surface area contributed by atoms with E-state index in [1.165, 1.54) is 6.21 Å². The van der Waals surface area contributed by atoms with Crippen LogP contribution in [0.4, 0.5) is 0 Å². The minimum atomic E-state index is -0.639. The second-order valence-electron chi connectivity index (χ2n) is 5.29. The van der Waals surface area contributed by atoms with Gasteiger partial charge in [-0.1, -0.05) is 45.2 Å². The van der Waals surface area contributed by atoms with Crippen molar-refractivity contribution < 1.29 is 14.6 Å².